The molecule has 3 atom stereocenters. The van der Waals surface area contributed by atoms with Gasteiger partial charge in [-0.3, -0.25) is 0 Å². The summed E-state index contributed by atoms with van der Waals surface area (Å²) in [5, 5.41) is 18.6. The van der Waals surface area contributed by atoms with Gasteiger partial charge in [0.15, 0.2) is 0 Å². The lowest BCUT2D eigenvalue weighted by molar-refractivity contribution is -0.141. The van der Waals surface area contributed by atoms with Crippen molar-refractivity contribution < 1.29 is 24.5 Å². The minimum Gasteiger partial charge on any atom is -0.480 e. The van der Waals surface area contributed by atoms with Gasteiger partial charge in [0.1, 0.15) is 6.04 Å². The molecule has 0 spiro atoms. The molecule has 7 nitrogen and oxygen atoms in total. The number of carbonyl (C=O) groups excluding carboxylic acids is 1. The Balaban J connectivity index is 2.11. The molecule has 2 amide bonds. The first-order valence-electron chi connectivity index (χ1n) is 7.02. The first-order chi connectivity index (χ1) is 9.58. The Kier molecular flexibility index (Phi) is 4.82. The van der Waals surface area contributed by atoms with Gasteiger partial charge in [-0.25, -0.2) is 9.59 Å². The molecule has 0 aromatic carbocycles. The van der Waals surface area contributed by atoms with E-state index in [-0.39, 0.29) is 24.8 Å². The maximum Gasteiger partial charge on any atom is 0.326 e. The van der Waals surface area contributed by atoms with Gasteiger partial charge in [-0.2, -0.15) is 0 Å². The van der Waals surface area contributed by atoms with E-state index in [2.05, 4.69) is 0 Å². The number of likely N-dealkylation sites (tertiary alicyclic amines) is 2. The summed E-state index contributed by atoms with van der Waals surface area (Å²) < 4.78 is 5.19. The van der Waals surface area contributed by atoms with Gasteiger partial charge in [-0.05, 0) is 19.3 Å². The Bertz CT molecular complexity index is 376. The van der Waals surface area contributed by atoms with Crippen LogP contribution in [0.1, 0.15) is 25.7 Å². The molecule has 2 rings (SSSR count). The maximum absolute atomic E-state index is 12.6. The summed E-state index contributed by atoms with van der Waals surface area (Å²) in [5.74, 6) is -1.00. The fourth-order valence-corrected chi connectivity index (χ4v) is 3.02. The summed E-state index contributed by atoms with van der Waals surface area (Å²) in [6, 6.07) is -1.34. The van der Waals surface area contributed by atoms with Crippen molar-refractivity contribution in [3.05, 3.63) is 0 Å². The molecular formula is C13H22N2O5. The number of methoxy groups -OCH3 is 1. The lowest BCUT2D eigenvalue weighted by Gasteiger charge is -2.38. The molecule has 2 heterocycles. The number of urea groups is 1. The third-order valence-corrected chi connectivity index (χ3v) is 4.21. The number of amides is 2. The van der Waals surface area contributed by atoms with Crippen LogP contribution >= 0.6 is 0 Å². The monoisotopic (exact) mass is 286 g/mol. The van der Waals surface area contributed by atoms with Crippen LogP contribution in [0.5, 0.6) is 0 Å². The van der Waals surface area contributed by atoms with Crippen molar-refractivity contribution in [3.63, 3.8) is 0 Å². The molecule has 114 valence electrons. The van der Waals surface area contributed by atoms with E-state index in [4.69, 9.17) is 4.74 Å². The summed E-state index contributed by atoms with van der Waals surface area (Å²) >= 11 is 0. The third-order valence-electron chi connectivity index (χ3n) is 4.21. The first-order valence-corrected chi connectivity index (χ1v) is 7.02. The van der Waals surface area contributed by atoms with Crippen molar-refractivity contribution in [2.75, 3.05) is 26.8 Å². The zero-order valence-electron chi connectivity index (χ0n) is 11.7. The van der Waals surface area contributed by atoms with E-state index < -0.39 is 12.0 Å². The molecule has 0 aliphatic carbocycles. The molecule has 7 heteroatoms. The highest BCUT2D eigenvalue weighted by molar-refractivity contribution is 5.83. The fourth-order valence-electron chi connectivity index (χ4n) is 3.02. The second kappa shape index (κ2) is 6.41. The molecule has 2 saturated heterocycles. The molecule has 2 aliphatic heterocycles. The van der Waals surface area contributed by atoms with E-state index in [0.717, 1.165) is 19.3 Å². The van der Waals surface area contributed by atoms with Crippen molar-refractivity contribution >= 4 is 12.0 Å². The van der Waals surface area contributed by atoms with Crippen LogP contribution in [-0.2, 0) is 9.53 Å². The molecule has 2 N–H and O–H groups in total. The minimum atomic E-state index is -1.00. The lowest BCUT2D eigenvalue weighted by Crippen LogP contribution is -2.54. The Hall–Kier alpha value is -1.34. The predicted octanol–water partition coefficient (Wildman–Crippen LogP) is 0.127. The van der Waals surface area contributed by atoms with E-state index in [1.165, 1.54) is 12.0 Å². The van der Waals surface area contributed by atoms with E-state index in [1.54, 1.807) is 4.90 Å². The van der Waals surface area contributed by atoms with Crippen LogP contribution < -0.4 is 0 Å². The van der Waals surface area contributed by atoms with Gasteiger partial charge in [0.25, 0.3) is 0 Å². The fraction of sp³-hybridized carbons (Fsp3) is 0.846. The number of hydrogen-bond donors (Lipinski definition) is 2. The van der Waals surface area contributed by atoms with Crippen LogP contribution in [-0.4, -0.2) is 77.0 Å². The van der Waals surface area contributed by atoms with Crippen molar-refractivity contribution in [3.8, 4) is 0 Å². The Morgan fingerprint density at radius 3 is 2.65 bits per heavy atom. The molecule has 2 aliphatic rings. The molecule has 0 aromatic rings. The van der Waals surface area contributed by atoms with Gasteiger partial charge in [0.2, 0.25) is 0 Å². The van der Waals surface area contributed by atoms with Crippen molar-refractivity contribution in [2.45, 2.75) is 43.9 Å². The quantitative estimate of drug-likeness (QED) is 0.769. The van der Waals surface area contributed by atoms with Crippen LogP contribution in [0, 0.1) is 0 Å². The van der Waals surface area contributed by atoms with Gasteiger partial charge in [-0.15, -0.1) is 0 Å². The second-order valence-corrected chi connectivity index (χ2v) is 5.41. The predicted molar refractivity (Wildman–Crippen MR) is 70.4 cm³/mol. The average molecular weight is 286 g/mol. The van der Waals surface area contributed by atoms with Crippen LogP contribution in [0.4, 0.5) is 4.79 Å². The molecule has 3 unspecified atom stereocenters. The molecule has 0 saturated carbocycles. The van der Waals surface area contributed by atoms with Crippen molar-refractivity contribution in [2.24, 2.45) is 0 Å². The molecule has 0 radical (unpaired) electrons. The highest BCUT2D eigenvalue weighted by Gasteiger charge is 2.42. The van der Waals surface area contributed by atoms with E-state index in [9.17, 15) is 19.8 Å². The maximum atomic E-state index is 12.6. The minimum absolute atomic E-state index is 0.0783. The summed E-state index contributed by atoms with van der Waals surface area (Å²) in [6.07, 6.45) is 2.72. The largest absolute Gasteiger partial charge is 0.480 e. The van der Waals surface area contributed by atoms with Crippen molar-refractivity contribution in [1.29, 1.82) is 0 Å². The SMILES string of the molecule is COC1CC(C(=O)O)N(C(=O)N2CCCCC2CO)C1. The number of aliphatic hydroxyl groups is 1. The lowest BCUT2D eigenvalue weighted by atomic mass is 10.0. The van der Waals surface area contributed by atoms with Crippen LogP contribution in [0.25, 0.3) is 0 Å². The Morgan fingerprint density at radius 1 is 1.30 bits per heavy atom. The van der Waals surface area contributed by atoms with Crippen LogP contribution in [0.15, 0.2) is 0 Å². The number of carboxylic acid groups (broad SMARTS) is 1. The Morgan fingerprint density at radius 2 is 2.05 bits per heavy atom. The number of hydrogen-bond acceptors (Lipinski definition) is 4. The van der Waals surface area contributed by atoms with E-state index in [1.807, 2.05) is 0 Å². The molecule has 20 heavy (non-hydrogen) atoms. The summed E-state index contributed by atoms with van der Waals surface area (Å²) in [5.41, 5.74) is 0. The Labute approximate surface area is 118 Å². The topological polar surface area (TPSA) is 90.3 Å². The van der Waals surface area contributed by atoms with Crippen LogP contribution in [0.2, 0.25) is 0 Å². The highest BCUT2D eigenvalue weighted by Crippen LogP contribution is 2.25. The second-order valence-electron chi connectivity index (χ2n) is 5.41. The number of nitrogens with zero attached hydrogens (tertiary/aromatic N) is 2. The van der Waals surface area contributed by atoms with Gasteiger partial charge >= 0.3 is 12.0 Å². The molecule has 2 fully saturated rings. The number of piperidine rings is 1. The normalized spacial score (nSPS) is 30.6. The average Bonchev–Trinajstić information content (AvgIpc) is 2.91. The third kappa shape index (κ3) is 2.88. The number of aliphatic hydroxyl groups excluding tert-OH is 1. The molecule has 0 aromatic heterocycles. The smallest absolute Gasteiger partial charge is 0.326 e. The van der Waals surface area contributed by atoms with Crippen LogP contribution in [0.3, 0.4) is 0 Å². The highest BCUT2D eigenvalue weighted by atomic mass is 16.5. The van der Waals surface area contributed by atoms with Gasteiger partial charge in [0, 0.05) is 26.6 Å². The summed E-state index contributed by atoms with van der Waals surface area (Å²) in [6.45, 7) is 0.788. The number of carboxylic acids is 1. The van der Waals surface area contributed by atoms with E-state index >= 15 is 0 Å². The van der Waals surface area contributed by atoms with Gasteiger partial charge < -0.3 is 24.7 Å². The van der Waals surface area contributed by atoms with Crippen molar-refractivity contribution in [1.82, 2.24) is 9.80 Å². The van der Waals surface area contributed by atoms with E-state index in [0.29, 0.717) is 19.5 Å². The number of ether oxygens (including phenoxy) is 1. The zero-order chi connectivity index (χ0) is 14.7. The summed E-state index contributed by atoms with van der Waals surface area (Å²) in [7, 11) is 1.52. The summed E-state index contributed by atoms with van der Waals surface area (Å²) in [4.78, 5) is 26.8. The van der Waals surface area contributed by atoms with Gasteiger partial charge in [0.05, 0.1) is 18.8 Å². The first kappa shape index (κ1) is 15.1. The molecule has 0 bridgehead atoms. The van der Waals surface area contributed by atoms with Gasteiger partial charge in [-0.1, -0.05) is 0 Å². The standard InChI is InChI=1S/C13H22N2O5/c1-20-10-6-11(12(17)18)15(7-10)13(19)14-5-3-2-4-9(14)8-16/h9-11,16H,2-8H2,1H3,(H,17,18). The number of carbonyl (C=O) groups is 2. The molecular weight excluding hydrogens is 264 g/mol. The zero-order valence-corrected chi connectivity index (χ0v) is 11.7. The number of rotatable bonds is 3. The number of aliphatic carboxylic acids is 1.